The lowest BCUT2D eigenvalue weighted by atomic mass is 9.66. The number of hydrogen-bond acceptors (Lipinski definition) is 2. The molecule has 0 saturated heterocycles. The average molecular weight is 278 g/mol. The van der Waals surface area contributed by atoms with E-state index in [0.29, 0.717) is 12.5 Å². The molecule has 0 amide bonds. The molecule has 6 heteroatoms. The van der Waals surface area contributed by atoms with Crippen LogP contribution in [0.5, 0.6) is 5.75 Å². The molecule has 0 aliphatic heterocycles. The van der Waals surface area contributed by atoms with E-state index in [1.165, 1.54) is 0 Å². The third kappa shape index (κ3) is 2.54. The van der Waals surface area contributed by atoms with Gasteiger partial charge >= 0.3 is 6.18 Å². The smallest absolute Gasteiger partial charge is 0.419 e. The predicted molar refractivity (Wildman–Crippen MR) is 60.2 cm³/mol. The van der Waals surface area contributed by atoms with Gasteiger partial charge in [0.25, 0.3) is 0 Å². The molecule has 1 N–H and O–H groups in total. The van der Waals surface area contributed by atoms with Gasteiger partial charge in [0.15, 0.2) is 0 Å². The molecule has 1 aliphatic rings. The van der Waals surface area contributed by atoms with Gasteiger partial charge in [-0.1, -0.05) is 13.8 Å². The highest BCUT2D eigenvalue weighted by Gasteiger charge is 2.49. The number of benzene rings is 1. The summed E-state index contributed by atoms with van der Waals surface area (Å²) < 4.78 is 56.1. The van der Waals surface area contributed by atoms with Crippen LogP contribution in [0, 0.1) is 11.2 Å². The second kappa shape index (κ2) is 4.37. The zero-order valence-electron chi connectivity index (χ0n) is 10.5. The highest BCUT2D eigenvalue weighted by Crippen LogP contribution is 2.43. The largest absolute Gasteiger partial charge is 0.490 e. The van der Waals surface area contributed by atoms with Gasteiger partial charge in [-0.05, 0) is 18.2 Å². The Hall–Kier alpha value is -1.30. The van der Waals surface area contributed by atoms with E-state index < -0.39 is 29.1 Å². The minimum absolute atomic E-state index is 0.0429. The maximum Gasteiger partial charge on any atom is 0.419 e. The van der Waals surface area contributed by atoms with Crippen LogP contribution in [-0.4, -0.2) is 17.3 Å². The third-order valence-corrected chi connectivity index (χ3v) is 3.65. The summed E-state index contributed by atoms with van der Waals surface area (Å²) in [6.07, 6.45) is -5.32. The Kier molecular flexibility index (Phi) is 3.24. The Balaban J connectivity index is 2.19. The minimum atomic E-state index is -4.75. The first-order chi connectivity index (χ1) is 8.62. The molecule has 0 aromatic heterocycles. The van der Waals surface area contributed by atoms with Crippen LogP contribution in [-0.2, 0) is 6.18 Å². The SMILES string of the molecule is CC1(C)C(O)CC1Oc1ccc(F)c(C(F)(F)F)c1. The minimum Gasteiger partial charge on any atom is -0.490 e. The van der Waals surface area contributed by atoms with Crippen molar-refractivity contribution in [3.8, 4) is 5.75 Å². The van der Waals surface area contributed by atoms with Crippen LogP contribution in [0.15, 0.2) is 18.2 Å². The standard InChI is InChI=1S/C13H14F4O2/c1-12(2)10(18)6-11(12)19-7-3-4-9(14)8(5-7)13(15,16)17/h3-5,10-11,18H,6H2,1-2H3. The van der Waals surface area contributed by atoms with Crippen LogP contribution in [0.2, 0.25) is 0 Å². The molecular weight excluding hydrogens is 264 g/mol. The van der Waals surface area contributed by atoms with Crippen molar-refractivity contribution in [2.45, 2.75) is 38.7 Å². The van der Waals surface area contributed by atoms with E-state index in [2.05, 4.69) is 0 Å². The molecule has 0 bridgehead atoms. The molecule has 2 atom stereocenters. The number of ether oxygens (including phenoxy) is 1. The van der Waals surface area contributed by atoms with Crippen molar-refractivity contribution >= 4 is 0 Å². The van der Waals surface area contributed by atoms with Crippen LogP contribution in [0.4, 0.5) is 17.6 Å². The van der Waals surface area contributed by atoms with Crippen molar-refractivity contribution in [2.24, 2.45) is 5.41 Å². The maximum absolute atomic E-state index is 13.1. The monoisotopic (exact) mass is 278 g/mol. The Bertz CT molecular complexity index is 482. The van der Waals surface area contributed by atoms with E-state index >= 15 is 0 Å². The Labute approximate surface area is 108 Å². The van der Waals surface area contributed by atoms with Crippen molar-refractivity contribution in [3.05, 3.63) is 29.6 Å². The summed E-state index contributed by atoms with van der Waals surface area (Å²) in [6.45, 7) is 3.53. The lowest BCUT2D eigenvalue weighted by Crippen LogP contribution is -2.56. The first-order valence-electron chi connectivity index (χ1n) is 5.84. The lowest BCUT2D eigenvalue weighted by molar-refractivity contribution is -0.142. The van der Waals surface area contributed by atoms with Gasteiger partial charge in [0, 0.05) is 11.8 Å². The zero-order chi connectivity index (χ0) is 14.4. The molecule has 1 aliphatic carbocycles. The van der Waals surface area contributed by atoms with Crippen molar-refractivity contribution in [2.75, 3.05) is 0 Å². The molecule has 1 saturated carbocycles. The van der Waals surface area contributed by atoms with Crippen LogP contribution in [0.1, 0.15) is 25.8 Å². The van der Waals surface area contributed by atoms with Gasteiger partial charge in [-0.25, -0.2) is 4.39 Å². The van der Waals surface area contributed by atoms with Gasteiger partial charge < -0.3 is 9.84 Å². The molecule has 106 valence electrons. The topological polar surface area (TPSA) is 29.5 Å². The molecule has 0 radical (unpaired) electrons. The second-order valence-corrected chi connectivity index (χ2v) is 5.32. The summed E-state index contributed by atoms with van der Waals surface area (Å²) >= 11 is 0. The van der Waals surface area contributed by atoms with Gasteiger partial charge in [0.1, 0.15) is 17.7 Å². The summed E-state index contributed by atoms with van der Waals surface area (Å²) in [5.41, 5.74) is -1.87. The molecule has 2 rings (SSSR count). The quantitative estimate of drug-likeness (QED) is 0.840. The Morgan fingerprint density at radius 1 is 1.32 bits per heavy atom. The number of halogens is 4. The van der Waals surface area contributed by atoms with Crippen molar-refractivity contribution in [1.82, 2.24) is 0 Å². The fourth-order valence-electron chi connectivity index (χ4n) is 2.02. The van der Waals surface area contributed by atoms with Gasteiger partial charge in [0.2, 0.25) is 0 Å². The fraction of sp³-hybridized carbons (Fsp3) is 0.538. The number of hydrogen-bond donors (Lipinski definition) is 1. The average Bonchev–Trinajstić information content (AvgIpc) is 2.29. The van der Waals surface area contributed by atoms with E-state index in [1.807, 2.05) is 0 Å². The summed E-state index contributed by atoms with van der Waals surface area (Å²) in [7, 11) is 0. The molecule has 0 heterocycles. The molecule has 2 nitrogen and oxygen atoms in total. The first kappa shape index (κ1) is 14.1. The molecule has 1 aromatic rings. The van der Waals surface area contributed by atoms with Gasteiger partial charge in [0.05, 0.1) is 11.7 Å². The van der Waals surface area contributed by atoms with Crippen LogP contribution < -0.4 is 4.74 Å². The van der Waals surface area contributed by atoms with E-state index in [4.69, 9.17) is 4.74 Å². The highest BCUT2D eigenvalue weighted by atomic mass is 19.4. The number of rotatable bonds is 2. The number of aliphatic hydroxyl groups is 1. The van der Waals surface area contributed by atoms with Gasteiger partial charge in [-0.15, -0.1) is 0 Å². The van der Waals surface area contributed by atoms with Gasteiger partial charge in [-0.3, -0.25) is 0 Å². The van der Waals surface area contributed by atoms with Crippen molar-refractivity contribution < 1.29 is 27.4 Å². The molecule has 1 aromatic carbocycles. The molecule has 0 spiro atoms. The van der Waals surface area contributed by atoms with Crippen LogP contribution in [0.25, 0.3) is 0 Å². The molecule has 1 fully saturated rings. The summed E-state index contributed by atoms with van der Waals surface area (Å²) in [6, 6.07) is 2.54. The van der Waals surface area contributed by atoms with Crippen molar-refractivity contribution in [1.29, 1.82) is 0 Å². The van der Waals surface area contributed by atoms with E-state index in [9.17, 15) is 22.7 Å². The predicted octanol–water partition coefficient (Wildman–Crippen LogP) is 3.38. The number of alkyl halides is 3. The normalized spacial score (nSPS) is 25.8. The van der Waals surface area contributed by atoms with Crippen molar-refractivity contribution in [3.63, 3.8) is 0 Å². The Morgan fingerprint density at radius 3 is 2.42 bits per heavy atom. The summed E-state index contributed by atoms with van der Waals surface area (Å²) in [5, 5.41) is 9.53. The van der Waals surface area contributed by atoms with Gasteiger partial charge in [-0.2, -0.15) is 13.2 Å². The highest BCUT2D eigenvalue weighted by molar-refractivity contribution is 5.32. The van der Waals surface area contributed by atoms with E-state index in [1.54, 1.807) is 13.8 Å². The maximum atomic E-state index is 13.1. The number of aliphatic hydroxyl groups excluding tert-OH is 1. The molecule has 19 heavy (non-hydrogen) atoms. The molecular formula is C13H14F4O2. The van der Waals surface area contributed by atoms with E-state index in [0.717, 1.165) is 12.1 Å². The third-order valence-electron chi connectivity index (χ3n) is 3.65. The summed E-state index contributed by atoms with van der Waals surface area (Å²) in [5.74, 6) is -1.37. The second-order valence-electron chi connectivity index (χ2n) is 5.32. The summed E-state index contributed by atoms with van der Waals surface area (Å²) in [4.78, 5) is 0. The molecule has 2 unspecified atom stereocenters. The first-order valence-corrected chi connectivity index (χ1v) is 5.84. The van der Waals surface area contributed by atoms with Crippen LogP contribution >= 0.6 is 0 Å². The Morgan fingerprint density at radius 2 is 1.95 bits per heavy atom. The lowest BCUT2D eigenvalue weighted by Gasteiger charge is -2.48. The zero-order valence-corrected chi connectivity index (χ0v) is 10.5. The van der Waals surface area contributed by atoms with Crippen LogP contribution in [0.3, 0.4) is 0 Å². The fourth-order valence-corrected chi connectivity index (χ4v) is 2.02. The van der Waals surface area contributed by atoms with E-state index in [-0.39, 0.29) is 11.9 Å².